The van der Waals surface area contributed by atoms with Crippen LogP contribution in [0.15, 0.2) is 54.3 Å². The Morgan fingerprint density at radius 1 is 1.11 bits per heavy atom. The van der Waals surface area contributed by atoms with Crippen LogP contribution in [0.2, 0.25) is 13.1 Å². The van der Waals surface area contributed by atoms with E-state index >= 15 is 0 Å². The molecule has 0 unspecified atom stereocenters. The Labute approximate surface area is 198 Å². The molecule has 2 aliphatic rings. The van der Waals surface area contributed by atoms with Crippen LogP contribution in [-0.4, -0.2) is 26.4 Å². The van der Waals surface area contributed by atoms with Gasteiger partial charge in [-0.15, -0.1) is 38.9 Å². The van der Waals surface area contributed by atoms with Crippen molar-refractivity contribution in [1.29, 1.82) is 0 Å². The zero-order valence-corrected chi connectivity index (χ0v) is 20.8. The fourth-order valence-electron chi connectivity index (χ4n) is 4.49. The zero-order chi connectivity index (χ0) is 17.2. The van der Waals surface area contributed by atoms with E-state index in [9.17, 15) is 0 Å². The van der Waals surface area contributed by atoms with Gasteiger partial charge in [-0.05, 0) is 18.1 Å². The second-order valence-electron chi connectivity index (χ2n) is 7.51. The van der Waals surface area contributed by atoms with Crippen molar-refractivity contribution in [2.75, 3.05) is 13.2 Å². The van der Waals surface area contributed by atoms with E-state index in [0.717, 1.165) is 12.2 Å². The zero-order valence-electron chi connectivity index (χ0n) is 15.9. The molecule has 3 aromatic rings. The SMILES string of the molecule is C[Si]1(C)c2c(C3=C(OCCO)C=CC3)cc3c([cH-]c4ccccc43)c21.[Cl-].[Cl-].[Zr+3]. The van der Waals surface area contributed by atoms with Gasteiger partial charge in [0.25, 0.3) is 0 Å². The molecule has 0 fully saturated rings. The molecule has 0 saturated carbocycles. The Hall–Kier alpha value is -0.770. The predicted octanol–water partition coefficient (Wildman–Crippen LogP) is -2.47. The topological polar surface area (TPSA) is 29.5 Å². The maximum atomic E-state index is 9.10. The Bertz CT molecular complexity index is 1100. The van der Waals surface area contributed by atoms with E-state index < -0.39 is 8.07 Å². The second kappa shape index (κ2) is 8.53. The number of hydrogen-bond acceptors (Lipinski definition) is 2. The molecular weight excluding hydrogens is 486 g/mol. The van der Waals surface area contributed by atoms with Gasteiger partial charge in [-0.25, -0.2) is 0 Å². The van der Waals surface area contributed by atoms with Crippen LogP contribution in [0.1, 0.15) is 12.0 Å². The minimum absolute atomic E-state index is 0. The molecule has 1 aliphatic heterocycles. The largest absolute Gasteiger partial charge is 3.00 e. The fourth-order valence-corrected chi connectivity index (χ4v) is 8.23. The molecule has 0 amide bonds. The van der Waals surface area contributed by atoms with E-state index in [1.54, 1.807) is 10.4 Å². The van der Waals surface area contributed by atoms with Crippen LogP contribution in [0.5, 0.6) is 0 Å². The third-order valence-electron chi connectivity index (χ3n) is 5.67. The van der Waals surface area contributed by atoms with Crippen molar-refractivity contribution >= 4 is 45.6 Å². The Morgan fingerprint density at radius 2 is 1.86 bits per heavy atom. The first-order valence-corrected chi connectivity index (χ1v) is 11.9. The fraction of sp³-hybridized carbons (Fsp3) is 0.227. The molecule has 6 heteroatoms. The van der Waals surface area contributed by atoms with Gasteiger partial charge in [-0.2, -0.15) is 0 Å². The summed E-state index contributed by atoms with van der Waals surface area (Å²) in [5.41, 5.74) is 2.67. The van der Waals surface area contributed by atoms with Crippen molar-refractivity contribution in [1.82, 2.24) is 0 Å². The Balaban J connectivity index is 0.000000934. The van der Waals surface area contributed by atoms with E-state index in [2.05, 4.69) is 61.6 Å². The van der Waals surface area contributed by atoms with Crippen LogP contribution in [0.25, 0.3) is 27.1 Å². The van der Waals surface area contributed by atoms with Crippen molar-refractivity contribution < 1.29 is 60.9 Å². The van der Waals surface area contributed by atoms with Crippen LogP contribution >= 0.6 is 0 Å². The van der Waals surface area contributed by atoms with Gasteiger partial charge in [0.05, 0.1) is 14.7 Å². The maximum Gasteiger partial charge on any atom is 3.00 e. The number of allylic oxidation sites excluding steroid dienone is 3. The first-order chi connectivity index (χ1) is 12.1. The summed E-state index contributed by atoms with van der Waals surface area (Å²) in [6.07, 6.45) is 5.14. The van der Waals surface area contributed by atoms with Gasteiger partial charge in [-0.3, -0.25) is 0 Å². The van der Waals surface area contributed by atoms with Crippen molar-refractivity contribution in [3.63, 3.8) is 0 Å². The number of aliphatic hydroxyl groups is 1. The summed E-state index contributed by atoms with van der Waals surface area (Å²) in [5, 5.41) is 17.8. The molecule has 1 aliphatic carbocycles. The molecule has 0 atom stereocenters. The summed E-state index contributed by atoms with van der Waals surface area (Å²) in [4.78, 5) is 0. The van der Waals surface area contributed by atoms with Gasteiger partial charge < -0.3 is 34.7 Å². The number of ether oxygens (including phenoxy) is 1. The molecule has 0 bridgehead atoms. The normalized spacial score (nSPS) is 15.7. The molecule has 143 valence electrons. The molecule has 2 nitrogen and oxygen atoms in total. The smallest absolute Gasteiger partial charge is 1.00 e. The molecule has 1 heterocycles. The minimum Gasteiger partial charge on any atom is -1.00 e. The summed E-state index contributed by atoms with van der Waals surface area (Å²) in [6.45, 7) is 5.31. The van der Waals surface area contributed by atoms with Crippen molar-refractivity contribution in [2.24, 2.45) is 0 Å². The van der Waals surface area contributed by atoms with Gasteiger partial charge in [0.2, 0.25) is 0 Å². The molecule has 0 saturated heterocycles. The second-order valence-corrected chi connectivity index (χ2v) is 11.8. The number of fused-ring (bicyclic) bond motifs is 5. The summed E-state index contributed by atoms with van der Waals surface area (Å²) in [5.74, 6) is 0.933. The number of hydrogen-bond donors (Lipinski definition) is 1. The van der Waals surface area contributed by atoms with Gasteiger partial charge in [0.15, 0.2) is 0 Å². The molecule has 5 rings (SSSR count). The van der Waals surface area contributed by atoms with Gasteiger partial charge in [0, 0.05) is 5.57 Å². The summed E-state index contributed by atoms with van der Waals surface area (Å²) < 4.78 is 5.80. The number of aliphatic hydroxyl groups excluding tert-OH is 1. The van der Waals surface area contributed by atoms with Crippen LogP contribution in [-0.2, 0) is 30.9 Å². The number of benzene rings is 2. The van der Waals surface area contributed by atoms with Crippen LogP contribution in [0.4, 0.5) is 0 Å². The molecule has 0 spiro atoms. The third-order valence-corrected chi connectivity index (χ3v) is 8.96. The first-order valence-electron chi connectivity index (χ1n) is 8.92. The third kappa shape index (κ3) is 3.38. The quantitative estimate of drug-likeness (QED) is 0.314. The van der Waals surface area contributed by atoms with Crippen LogP contribution < -0.4 is 35.2 Å². The molecule has 28 heavy (non-hydrogen) atoms. The van der Waals surface area contributed by atoms with E-state index in [4.69, 9.17) is 9.84 Å². The van der Waals surface area contributed by atoms with Crippen LogP contribution in [0.3, 0.4) is 0 Å². The van der Waals surface area contributed by atoms with Gasteiger partial charge in [-0.1, -0.05) is 48.6 Å². The average Bonchev–Trinajstić information content (AvgIpc) is 2.98. The summed E-state index contributed by atoms with van der Waals surface area (Å²) >= 11 is 0. The number of halogens is 2. The molecule has 1 radical (unpaired) electrons. The molecular formula is C22H21Cl2O2SiZr. The number of rotatable bonds is 4. The van der Waals surface area contributed by atoms with E-state index in [1.807, 2.05) is 0 Å². The molecule has 0 aromatic heterocycles. The standard InChI is InChI=1S/C22H21O2Si.2ClH.Zr/c1-25(2)21-18-12-14-6-3-4-7-15(14)17(18)13-19(22(21)25)16-8-5-9-20(16)24-11-10-23;;;/h3-7,9,12-13,23H,8,10-11H2,1-2H3;2*1H;/q-1;;;+3/p-2. The summed E-state index contributed by atoms with van der Waals surface area (Å²) in [6, 6.07) is 13.5. The van der Waals surface area contributed by atoms with Crippen molar-refractivity contribution in [3.8, 4) is 0 Å². The summed E-state index contributed by atoms with van der Waals surface area (Å²) in [7, 11) is -1.46. The average molecular weight is 508 g/mol. The molecule has 1 N–H and O–H groups in total. The monoisotopic (exact) mass is 505 g/mol. The van der Waals surface area contributed by atoms with Crippen LogP contribution in [0, 0.1) is 0 Å². The van der Waals surface area contributed by atoms with Crippen molar-refractivity contribution in [3.05, 3.63) is 59.9 Å². The van der Waals surface area contributed by atoms with Crippen molar-refractivity contribution in [2.45, 2.75) is 19.5 Å². The van der Waals surface area contributed by atoms with Gasteiger partial charge >= 0.3 is 26.2 Å². The van der Waals surface area contributed by atoms with Gasteiger partial charge in [0.1, 0.15) is 12.4 Å². The van der Waals surface area contributed by atoms with E-state index in [0.29, 0.717) is 6.61 Å². The Kier molecular flexibility index (Phi) is 7.17. The first kappa shape index (κ1) is 23.5. The van der Waals surface area contributed by atoms with E-state index in [-0.39, 0.29) is 57.6 Å². The minimum atomic E-state index is -1.46. The molecule has 3 aromatic carbocycles. The predicted molar refractivity (Wildman–Crippen MR) is 108 cm³/mol. The van der Waals surface area contributed by atoms with E-state index in [1.165, 1.54) is 32.7 Å². The Morgan fingerprint density at radius 3 is 2.61 bits per heavy atom. The maximum absolute atomic E-state index is 9.10.